The molecule has 0 radical (unpaired) electrons. The summed E-state index contributed by atoms with van der Waals surface area (Å²) in [4.78, 5) is 22.6. The lowest BCUT2D eigenvalue weighted by Crippen LogP contribution is -2.42. The Bertz CT molecular complexity index is 482. The van der Waals surface area contributed by atoms with Gasteiger partial charge in [0.1, 0.15) is 6.04 Å². The number of carboxylic acids is 1. The predicted molar refractivity (Wildman–Crippen MR) is 85.3 cm³/mol. The molecule has 104 valence electrons. The van der Waals surface area contributed by atoms with E-state index in [9.17, 15) is 9.59 Å². The van der Waals surface area contributed by atoms with Gasteiger partial charge in [-0.2, -0.15) is 0 Å². The molecule has 5 nitrogen and oxygen atoms in total. The maximum Gasteiger partial charge on any atom is 0.326 e. The molecule has 1 atom stereocenters. The van der Waals surface area contributed by atoms with Crippen molar-refractivity contribution in [1.29, 1.82) is 0 Å². The summed E-state index contributed by atoms with van der Waals surface area (Å²) in [6.45, 7) is 1.87. The Hall–Kier alpha value is -0.830. The molecule has 1 aromatic carbocycles. The summed E-state index contributed by atoms with van der Waals surface area (Å²) in [6.07, 6.45) is 1.09. The number of benzene rings is 1. The van der Waals surface area contributed by atoms with Crippen LogP contribution in [-0.4, -0.2) is 23.1 Å². The Morgan fingerprint density at radius 2 is 2.16 bits per heavy atom. The molecule has 7 heteroatoms. The van der Waals surface area contributed by atoms with Gasteiger partial charge in [-0.25, -0.2) is 9.59 Å². The van der Waals surface area contributed by atoms with Gasteiger partial charge in [-0.05, 0) is 63.1 Å². The largest absolute Gasteiger partial charge is 0.480 e. The summed E-state index contributed by atoms with van der Waals surface area (Å²) < 4.78 is 1.90. The average molecular weight is 441 g/mol. The van der Waals surface area contributed by atoms with Gasteiger partial charge in [0, 0.05) is 13.7 Å². The highest BCUT2D eigenvalue weighted by atomic mass is 127. The van der Waals surface area contributed by atoms with Crippen molar-refractivity contribution < 1.29 is 14.7 Å². The highest BCUT2D eigenvalue weighted by Gasteiger charge is 2.18. The Labute approximate surface area is 133 Å². The van der Waals surface area contributed by atoms with Gasteiger partial charge in [0.15, 0.2) is 0 Å². The number of carbonyl (C=O) groups excluding carboxylic acids is 1. The zero-order chi connectivity index (χ0) is 14.4. The molecule has 0 aliphatic carbocycles. The van der Waals surface area contributed by atoms with Crippen LogP contribution >= 0.6 is 38.5 Å². The van der Waals surface area contributed by atoms with E-state index < -0.39 is 18.0 Å². The van der Waals surface area contributed by atoms with E-state index in [0.717, 1.165) is 8.04 Å². The standard InChI is InChI=1S/C12H14BrIN2O3/c1-2-3-10(11(17)18)16-12(19)15-7-4-5-9(14)8(13)6-7/h4-6,10H,2-3H2,1H3,(H,17,18)(H2,15,16,19). The zero-order valence-electron chi connectivity index (χ0n) is 10.2. The smallest absolute Gasteiger partial charge is 0.326 e. The van der Waals surface area contributed by atoms with Gasteiger partial charge >= 0.3 is 12.0 Å². The molecule has 0 bridgehead atoms. The predicted octanol–water partition coefficient (Wildman–Crippen LogP) is 3.43. The van der Waals surface area contributed by atoms with Crippen molar-refractivity contribution in [3.8, 4) is 0 Å². The van der Waals surface area contributed by atoms with Crippen molar-refractivity contribution in [2.24, 2.45) is 0 Å². The van der Waals surface area contributed by atoms with Crippen molar-refractivity contribution in [2.45, 2.75) is 25.8 Å². The molecule has 0 aromatic heterocycles. The first kappa shape index (κ1) is 16.2. The number of carboxylic acid groups (broad SMARTS) is 1. The molecular weight excluding hydrogens is 427 g/mol. The van der Waals surface area contributed by atoms with Crippen molar-refractivity contribution in [2.75, 3.05) is 5.32 Å². The fourth-order valence-electron chi connectivity index (χ4n) is 1.45. The van der Waals surface area contributed by atoms with E-state index in [4.69, 9.17) is 5.11 Å². The number of aliphatic carboxylic acids is 1. The van der Waals surface area contributed by atoms with Crippen LogP contribution < -0.4 is 10.6 Å². The minimum atomic E-state index is -1.03. The second kappa shape index (κ2) is 7.68. The second-order valence-electron chi connectivity index (χ2n) is 3.91. The molecule has 1 unspecified atom stereocenters. The highest BCUT2D eigenvalue weighted by molar-refractivity contribution is 14.1. The van der Waals surface area contributed by atoms with Crippen molar-refractivity contribution in [3.05, 3.63) is 26.2 Å². The van der Waals surface area contributed by atoms with Gasteiger partial charge in [-0.15, -0.1) is 0 Å². The number of carbonyl (C=O) groups is 2. The first-order valence-electron chi connectivity index (χ1n) is 5.69. The van der Waals surface area contributed by atoms with E-state index in [-0.39, 0.29) is 0 Å². The number of hydrogen-bond donors (Lipinski definition) is 3. The molecule has 3 N–H and O–H groups in total. The van der Waals surface area contributed by atoms with Crippen LogP contribution in [0.1, 0.15) is 19.8 Å². The van der Waals surface area contributed by atoms with E-state index >= 15 is 0 Å². The Kier molecular flexibility index (Phi) is 6.56. The van der Waals surface area contributed by atoms with Gasteiger partial charge in [0.05, 0.1) is 0 Å². The first-order valence-corrected chi connectivity index (χ1v) is 7.56. The average Bonchev–Trinajstić information content (AvgIpc) is 2.33. The molecule has 0 aliphatic rings. The molecule has 0 heterocycles. The summed E-state index contributed by atoms with van der Waals surface area (Å²) in [6, 6.07) is 3.98. The van der Waals surface area contributed by atoms with Gasteiger partial charge < -0.3 is 15.7 Å². The van der Waals surface area contributed by atoms with E-state index in [0.29, 0.717) is 18.5 Å². The number of hydrogen-bond acceptors (Lipinski definition) is 2. The van der Waals surface area contributed by atoms with E-state index in [1.807, 2.05) is 13.0 Å². The summed E-state index contributed by atoms with van der Waals surface area (Å²) in [5.74, 6) is -1.03. The topological polar surface area (TPSA) is 78.4 Å². The Morgan fingerprint density at radius 3 is 2.68 bits per heavy atom. The third kappa shape index (κ3) is 5.35. The lowest BCUT2D eigenvalue weighted by molar-refractivity contribution is -0.139. The SMILES string of the molecule is CCCC(NC(=O)Nc1ccc(I)c(Br)c1)C(=O)O. The molecule has 0 spiro atoms. The van der Waals surface area contributed by atoms with E-state index in [1.165, 1.54) is 0 Å². The number of urea groups is 1. The third-order valence-electron chi connectivity index (χ3n) is 2.36. The van der Waals surface area contributed by atoms with Crippen molar-refractivity contribution in [1.82, 2.24) is 5.32 Å². The number of nitrogens with one attached hydrogen (secondary N) is 2. The maximum absolute atomic E-state index is 11.7. The fraction of sp³-hybridized carbons (Fsp3) is 0.333. The quantitative estimate of drug-likeness (QED) is 0.614. The van der Waals surface area contributed by atoms with Crippen molar-refractivity contribution in [3.63, 3.8) is 0 Å². The van der Waals surface area contributed by atoms with E-state index in [1.54, 1.807) is 12.1 Å². The lowest BCUT2D eigenvalue weighted by Gasteiger charge is -2.14. The summed E-state index contributed by atoms with van der Waals surface area (Å²) in [7, 11) is 0. The monoisotopic (exact) mass is 440 g/mol. The summed E-state index contributed by atoms with van der Waals surface area (Å²) >= 11 is 5.52. The molecule has 1 aromatic rings. The van der Waals surface area contributed by atoms with Crippen LogP contribution in [0.25, 0.3) is 0 Å². The molecule has 0 fully saturated rings. The van der Waals surface area contributed by atoms with Gasteiger partial charge in [-0.1, -0.05) is 13.3 Å². The molecule has 0 aliphatic heterocycles. The lowest BCUT2D eigenvalue weighted by atomic mass is 10.2. The number of halogens is 2. The van der Waals surface area contributed by atoms with Crippen LogP contribution in [-0.2, 0) is 4.79 Å². The Morgan fingerprint density at radius 1 is 1.47 bits per heavy atom. The third-order valence-corrected chi connectivity index (χ3v) is 4.70. The van der Waals surface area contributed by atoms with Crippen LogP contribution in [0.4, 0.5) is 10.5 Å². The minimum absolute atomic E-state index is 0.402. The van der Waals surface area contributed by atoms with Crippen LogP contribution in [0.2, 0.25) is 0 Å². The van der Waals surface area contributed by atoms with Gasteiger partial charge in [0.2, 0.25) is 0 Å². The zero-order valence-corrected chi connectivity index (χ0v) is 14.0. The number of amides is 2. The molecule has 2 amide bonds. The van der Waals surface area contributed by atoms with Crippen molar-refractivity contribution >= 4 is 56.2 Å². The normalized spacial score (nSPS) is 11.7. The number of anilines is 1. The highest BCUT2D eigenvalue weighted by Crippen LogP contribution is 2.22. The van der Waals surface area contributed by atoms with Gasteiger partial charge in [-0.3, -0.25) is 0 Å². The summed E-state index contributed by atoms with van der Waals surface area (Å²) in [5, 5.41) is 14.0. The second-order valence-corrected chi connectivity index (χ2v) is 5.92. The molecule has 1 rings (SSSR count). The van der Waals surface area contributed by atoms with Crippen LogP contribution in [0.15, 0.2) is 22.7 Å². The minimum Gasteiger partial charge on any atom is -0.480 e. The van der Waals surface area contributed by atoms with Crippen LogP contribution in [0, 0.1) is 3.57 Å². The van der Waals surface area contributed by atoms with E-state index in [2.05, 4.69) is 49.2 Å². The number of rotatable bonds is 5. The van der Waals surface area contributed by atoms with Gasteiger partial charge in [0.25, 0.3) is 0 Å². The summed E-state index contributed by atoms with van der Waals surface area (Å²) in [5.41, 5.74) is 0.602. The molecule has 19 heavy (non-hydrogen) atoms. The molecule has 0 saturated heterocycles. The van der Waals surface area contributed by atoms with Crippen LogP contribution in [0.5, 0.6) is 0 Å². The fourth-order valence-corrected chi connectivity index (χ4v) is 2.16. The van der Waals surface area contributed by atoms with Crippen LogP contribution in [0.3, 0.4) is 0 Å². The maximum atomic E-state index is 11.7. The Balaban J connectivity index is 2.63. The molecule has 0 saturated carbocycles. The first-order chi connectivity index (χ1) is 8.93. The molecular formula is C12H14BrIN2O3.